The van der Waals surface area contributed by atoms with Crippen LogP contribution >= 0.6 is 0 Å². The second kappa shape index (κ2) is 5.38. The number of piperidine rings is 1. The molecule has 1 atom stereocenters. The first-order chi connectivity index (χ1) is 10.1. The number of aryl methyl sites for hydroxylation is 1. The van der Waals surface area contributed by atoms with E-state index in [1.807, 2.05) is 0 Å². The van der Waals surface area contributed by atoms with Crippen LogP contribution in [-0.4, -0.2) is 41.5 Å². The molecule has 3 rings (SSSR count). The fraction of sp³-hybridized carbons (Fsp3) is 0.643. The molecule has 2 aliphatic heterocycles. The van der Waals surface area contributed by atoms with Gasteiger partial charge in [0.25, 0.3) is 5.56 Å². The number of carbonyl (C=O) groups excluding carboxylic acids is 2. The van der Waals surface area contributed by atoms with Crippen LogP contribution in [0.2, 0.25) is 0 Å². The molecule has 1 aromatic rings. The molecule has 2 aliphatic rings. The fourth-order valence-electron chi connectivity index (χ4n) is 3.24. The van der Waals surface area contributed by atoms with Gasteiger partial charge in [-0.1, -0.05) is 0 Å². The predicted molar refractivity (Wildman–Crippen MR) is 73.5 cm³/mol. The standard InChI is InChI=1S/C14H19N3O4/c18-11-8-10(21-16-11)2-3-12(19)17-7-5-14(9-17)4-1-6-15-13(14)20/h8H,1-7,9H2,(H,15,20)(H,16,18). The third kappa shape index (κ3) is 2.72. The third-order valence-corrected chi connectivity index (χ3v) is 4.47. The van der Waals surface area contributed by atoms with E-state index in [1.165, 1.54) is 6.07 Å². The molecule has 0 aromatic carbocycles. The number of hydrogen-bond donors (Lipinski definition) is 2. The minimum Gasteiger partial charge on any atom is -0.384 e. The van der Waals surface area contributed by atoms with E-state index in [0.717, 1.165) is 25.8 Å². The second-order valence-electron chi connectivity index (χ2n) is 5.88. The molecule has 21 heavy (non-hydrogen) atoms. The Hall–Kier alpha value is -2.05. The summed E-state index contributed by atoms with van der Waals surface area (Å²) < 4.78 is 4.93. The molecule has 114 valence electrons. The van der Waals surface area contributed by atoms with Crippen molar-refractivity contribution in [3.8, 4) is 0 Å². The van der Waals surface area contributed by atoms with E-state index < -0.39 is 0 Å². The average molecular weight is 293 g/mol. The molecule has 3 heterocycles. The van der Waals surface area contributed by atoms with Crippen LogP contribution in [0.1, 0.15) is 31.4 Å². The van der Waals surface area contributed by atoms with Gasteiger partial charge in [0.1, 0.15) is 5.76 Å². The fourth-order valence-corrected chi connectivity index (χ4v) is 3.24. The predicted octanol–water partition coefficient (Wildman–Crippen LogP) is 0.0292. The van der Waals surface area contributed by atoms with Crippen LogP contribution in [0.25, 0.3) is 0 Å². The van der Waals surface area contributed by atoms with Crippen molar-refractivity contribution in [2.24, 2.45) is 5.41 Å². The van der Waals surface area contributed by atoms with Gasteiger partial charge in [0.15, 0.2) is 0 Å². The molecule has 0 saturated carbocycles. The van der Waals surface area contributed by atoms with E-state index >= 15 is 0 Å². The molecule has 0 bridgehead atoms. The average Bonchev–Trinajstić information content (AvgIpc) is 3.07. The normalized spacial score (nSPS) is 25.3. The van der Waals surface area contributed by atoms with Gasteiger partial charge in [-0.25, -0.2) is 0 Å². The first-order valence-electron chi connectivity index (χ1n) is 7.33. The highest BCUT2D eigenvalue weighted by molar-refractivity contribution is 5.86. The molecule has 2 N–H and O–H groups in total. The monoisotopic (exact) mass is 293 g/mol. The molecule has 1 spiro atoms. The van der Waals surface area contributed by atoms with Crippen molar-refractivity contribution >= 4 is 11.8 Å². The Morgan fingerprint density at radius 2 is 2.24 bits per heavy atom. The number of aromatic nitrogens is 1. The number of carbonyl (C=O) groups is 2. The lowest BCUT2D eigenvalue weighted by molar-refractivity contribution is -0.134. The van der Waals surface area contributed by atoms with E-state index in [4.69, 9.17) is 4.52 Å². The number of amides is 2. The maximum absolute atomic E-state index is 12.2. The number of aromatic amines is 1. The Morgan fingerprint density at radius 3 is 2.95 bits per heavy atom. The van der Waals surface area contributed by atoms with Gasteiger partial charge in [0.2, 0.25) is 11.8 Å². The lowest BCUT2D eigenvalue weighted by Crippen LogP contribution is -2.47. The number of H-pyrrole nitrogens is 1. The topological polar surface area (TPSA) is 95.4 Å². The van der Waals surface area contributed by atoms with Crippen molar-refractivity contribution in [3.63, 3.8) is 0 Å². The van der Waals surface area contributed by atoms with Crippen LogP contribution in [0.5, 0.6) is 0 Å². The summed E-state index contributed by atoms with van der Waals surface area (Å²) in [7, 11) is 0. The van der Waals surface area contributed by atoms with Crippen LogP contribution < -0.4 is 10.9 Å². The summed E-state index contributed by atoms with van der Waals surface area (Å²) >= 11 is 0. The summed E-state index contributed by atoms with van der Waals surface area (Å²) in [6.45, 7) is 1.87. The van der Waals surface area contributed by atoms with Crippen molar-refractivity contribution in [2.75, 3.05) is 19.6 Å². The third-order valence-electron chi connectivity index (χ3n) is 4.47. The van der Waals surface area contributed by atoms with Crippen molar-refractivity contribution in [1.29, 1.82) is 0 Å². The van der Waals surface area contributed by atoms with E-state index in [1.54, 1.807) is 4.90 Å². The van der Waals surface area contributed by atoms with Gasteiger partial charge in [-0.2, -0.15) is 5.16 Å². The summed E-state index contributed by atoms with van der Waals surface area (Å²) in [6.07, 6.45) is 3.26. The van der Waals surface area contributed by atoms with Gasteiger partial charge in [0.05, 0.1) is 5.41 Å². The maximum atomic E-state index is 12.2. The number of nitrogens with one attached hydrogen (secondary N) is 2. The van der Waals surface area contributed by atoms with Crippen molar-refractivity contribution in [2.45, 2.75) is 32.1 Å². The summed E-state index contributed by atoms with van der Waals surface area (Å²) in [5.41, 5.74) is -0.675. The van der Waals surface area contributed by atoms with Crippen molar-refractivity contribution in [3.05, 3.63) is 22.2 Å². The van der Waals surface area contributed by atoms with Gasteiger partial charge in [0, 0.05) is 38.5 Å². The Balaban J connectivity index is 1.56. The SMILES string of the molecule is O=C(CCc1cc(=O)[nH]o1)N1CCC2(CCCNC2=O)C1. The summed E-state index contributed by atoms with van der Waals surface area (Å²) in [5, 5.41) is 5.11. The summed E-state index contributed by atoms with van der Waals surface area (Å²) in [4.78, 5) is 37.0. The van der Waals surface area contributed by atoms with E-state index in [9.17, 15) is 14.4 Å². The lowest BCUT2D eigenvalue weighted by Gasteiger charge is -2.32. The molecular formula is C14H19N3O4. The Kier molecular flexibility index (Phi) is 3.57. The molecule has 2 amide bonds. The summed E-state index contributed by atoms with van der Waals surface area (Å²) in [5.74, 6) is 0.576. The van der Waals surface area contributed by atoms with Crippen molar-refractivity contribution < 1.29 is 14.1 Å². The minimum atomic E-state index is -0.380. The van der Waals surface area contributed by atoms with Crippen LogP contribution in [0.15, 0.2) is 15.4 Å². The first-order valence-corrected chi connectivity index (χ1v) is 7.33. The van der Waals surface area contributed by atoms with Gasteiger partial charge < -0.3 is 14.7 Å². The van der Waals surface area contributed by atoms with Crippen LogP contribution in [-0.2, 0) is 16.0 Å². The van der Waals surface area contributed by atoms with Gasteiger partial charge in [-0.05, 0) is 19.3 Å². The van der Waals surface area contributed by atoms with Crippen LogP contribution in [0, 0.1) is 5.41 Å². The van der Waals surface area contributed by atoms with Crippen LogP contribution in [0.4, 0.5) is 0 Å². The number of rotatable bonds is 3. The molecule has 7 nitrogen and oxygen atoms in total. The largest absolute Gasteiger partial charge is 0.384 e. The first kappa shape index (κ1) is 13.9. The highest BCUT2D eigenvalue weighted by atomic mass is 16.5. The molecule has 1 aromatic heterocycles. The second-order valence-corrected chi connectivity index (χ2v) is 5.88. The number of nitrogens with zero attached hydrogens (tertiary/aromatic N) is 1. The molecule has 7 heteroatoms. The highest BCUT2D eigenvalue weighted by Crippen LogP contribution is 2.37. The number of hydrogen-bond acceptors (Lipinski definition) is 4. The molecule has 0 aliphatic carbocycles. The van der Waals surface area contributed by atoms with Gasteiger partial charge >= 0.3 is 0 Å². The summed E-state index contributed by atoms with van der Waals surface area (Å²) in [6, 6.07) is 1.35. The maximum Gasteiger partial charge on any atom is 0.280 e. The zero-order valence-corrected chi connectivity index (χ0v) is 11.8. The smallest absolute Gasteiger partial charge is 0.280 e. The molecule has 1 unspecified atom stereocenters. The highest BCUT2D eigenvalue weighted by Gasteiger charge is 2.46. The lowest BCUT2D eigenvalue weighted by atomic mass is 9.79. The molecule has 2 saturated heterocycles. The Bertz CT molecular complexity index is 605. The van der Waals surface area contributed by atoms with Crippen molar-refractivity contribution in [1.82, 2.24) is 15.4 Å². The molecular weight excluding hydrogens is 274 g/mol. The van der Waals surface area contributed by atoms with Gasteiger partial charge in [-0.3, -0.25) is 14.4 Å². The van der Waals surface area contributed by atoms with E-state index in [2.05, 4.69) is 10.5 Å². The Labute approximate surface area is 121 Å². The van der Waals surface area contributed by atoms with E-state index in [0.29, 0.717) is 31.7 Å². The molecule has 0 radical (unpaired) electrons. The zero-order valence-electron chi connectivity index (χ0n) is 11.8. The minimum absolute atomic E-state index is 0.00842. The van der Waals surface area contributed by atoms with E-state index in [-0.39, 0.29) is 22.8 Å². The quantitative estimate of drug-likeness (QED) is 0.822. The molecule has 2 fully saturated rings. The zero-order chi connectivity index (χ0) is 14.9. The number of likely N-dealkylation sites (tertiary alicyclic amines) is 1. The van der Waals surface area contributed by atoms with Crippen LogP contribution in [0.3, 0.4) is 0 Å². The Morgan fingerprint density at radius 1 is 1.38 bits per heavy atom. The van der Waals surface area contributed by atoms with Gasteiger partial charge in [-0.15, -0.1) is 0 Å².